The summed E-state index contributed by atoms with van der Waals surface area (Å²) in [5.41, 5.74) is 2.44. The van der Waals surface area contributed by atoms with E-state index < -0.39 is 54.0 Å². The summed E-state index contributed by atoms with van der Waals surface area (Å²) in [5, 5.41) is 40.5. The van der Waals surface area contributed by atoms with Gasteiger partial charge in [0, 0.05) is 25.7 Å². The molecule has 0 saturated carbocycles. The zero-order valence-electron chi connectivity index (χ0n) is 18.9. The lowest BCUT2D eigenvalue weighted by atomic mass is 9.94. The number of hydrogen-bond donors (Lipinski definition) is 4. The molecular weight excluding hydrogens is 523 g/mol. The number of nitrogens with zero attached hydrogens (tertiary/aromatic N) is 5. The van der Waals surface area contributed by atoms with E-state index in [0.717, 1.165) is 30.1 Å². The van der Waals surface area contributed by atoms with Crippen molar-refractivity contribution in [1.29, 1.82) is 0 Å². The van der Waals surface area contributed by atoms with Gasteiger partial charge in [0.05, 0.1) is 17.9 Å². The molecule has 37 heavy (non-hydrogen) atoms. The Balaban J connectivity index is 1.84. The first kappa shape index (κ1) is 27.6. The zero-order chi connectivity index (χ0) is 27.5. The number of non-ortho nitro benzene ring substituents is 1. The summed E-state index contributed by atoms with van der Waals surface area (Å²) >= 11 is 5.76. The number of ether oxygens (including phenoxy) is 2. The quantitative estimate of drug-likeness (QED) is 0.108. The van der Waals surface area contributed by atoms with E-state index in [0.29, 0.717) is 0 Å². The predicted octanol–water partition coefficient (Wildman–Crippen LogP) is 0.981. The highest BCUT2D eigenvalue weighted by atomic mass is 35.5. The van der Waals surface area contributed by atoms with Crippen LogP contribution in [-0.2, 0) is 25.5 Å². The van der Waals surface area contributed by atoms with Crippen molar-refractivity contribution in [3.05, 3.63) is 51.6 Å². The zero-order valence-corrected chi connectivity index (χ0v) is 19.6. The minimum absolute atomic E-state index is 0.00309. The van der Waals surface area contributed by atoms with Crippen molar-refractivity contribution in [2.75, 3.05) is 19.5 Å². The molecule has 0 radical (unpaired) electrons. The number of fused-ring (bicyclic) bond motifs is 1. The van der Waals surface area contributed by atoms with Crippen LogP contribution in [0.15, 0.2) is 30.6 Å². The van der Waals surface area contributed by atoms with E-state index in [4.69, 9.17) is 26.8 Å². The maximum Gasteiger partial charge on any atom is 0.348 e. The summed E-state index contributed by atoms with van der Waals surface area (Å²) < 4.78 is 26.3. The summed E-state index contributed by atoms with van der Waals surface area (Å²) in [6.07, 6.45) is -5.67. The highest BCUT2D eigenvalue weighted by molar-refractivity contribution is 6.28. The molecule has 0 aliphatic heterocycles. The number of rotatable bonds is 12. The number of carbonyl (C=O) groups is 2. The minimum Gasteiger partial charge on any atom is -0.479 e. The lowest BCUT2D eigenvalue weighted by Crippen LogP contribution is -2.53. The summed E-state index contributed by atoms with van der Waals surface area (Å²) in [5.74, 6) is -3.94. The third-order valence-electron chi connectivity index (χ3n) is 5.44. The number of anilines is 1. The molecule has 198 valence electrons. The smallest absolute Gasteiger partial charge is 0.348 e. The Morgan fingerprint density at radius 2 is 1.89 bits per heavy atom. The number of aliphatic hydroxyl groups is 1. The third-order valence-corrected chi connectivity index (χ3v) is 5.61. The normalized spacial score (nSPS) is 14.3. The van der Waals surface area contributed by atoms with Crippen LogP contribution in [0.4, 0.5) is 15.9 Å². The molecule has 1 aromatic carbocycles. The van der Waals surface area contributed by atoms with Gasteiger partial charge in [0.15, 0.2) is 11.5 Å². The van der Waals surface area contributed by atoms with Crippen molar-refractivity contribution in [2.24, 2.45) is 0 Å². The van der Waals surface area contributed by atoms with Crippen LogP contribution in [0, 0.1) is 10.1 Å². The van der Waals surface area contributed by atoms with Crippen LogP contribution >= 0.6 is 11.6 Å². The van der Waals surface area contributed by atoms with Crippen molar-refractivity contribution in [3.8, 4) is 0 Å². The number of nitro benzene ring substituents is 1. The molecule has 0 aliphatic carbocycles. The van der Waals surface area contributed by atoms with Crippen molar-refractivity contribution < 1.29 is 43.7 Å². The molecule has 0 aliphatic rings. The second-order valence-corrected chi connectivity index (χ2v) is 8.03. The van der Waals surface area contributed by atoms with E-state index in [1.54, 1.807) is 0 Å². The number of benzene rings is 1. The van der Waals surface area contributed by atoms with Gasteiger partial charge >= 0.3 is 11.9 Å². The largest absolute Gasteiger partial charge is 0.479 e. The van der Waals surface area contributed by atoms with Crippen molar-refractivity contribution >= 4 is 46.2 Å². The van der Waals surface area contributed by atoms with E-state index in [2.05, 4.69) is 15.0 Å². The van der Waals surface area contributed by atoms with E-state index >= 15 is 4.39 Å². The lowest BCUT2D eigenvalue weighted by Gasteiger charge is -2.30. The standard InChI is InChI=1S/C20H20ClFN6O9/c1-36-11(13(29)14(22)27-8-24-12-15(23)25-19(21)26-16(12)27)7-37-20(17(30)31,18(32)33)6-9-2-4-10(5-3-9)28(34)35/h2-5,8,11,13-14,29H,6-7H2,1H3,(H,30,31)(H,32,33)(H2,23,25,26)/t11-,13-,14-/m1/s1. The minimum atomic E-state index is -2.89. The van der Waals surface area contributed by atoms with Crippen LogP contribution in [0.25, 0.3) is 11.2 Å². The SMILES string of the molecule is CO[C@H](COC(Cc1ccc([N+](=O)[O-])cc1)(C(=O)O)C(=O)O)[C@@H](O)[C@H](F)n1cnc2c(N)nc(Cl)nc21. The Kier molecular flexibility index (Phi) is 8.17. The number of imidazole rings is 1. The van der Waals surface area contributed by atoms with Gasteiger partial charge in [-0.15, -0.1) is 0 Å². The van der Waals surface area contributed by atoms with Gasteiger partial charge in [0.1, 0.15) is 17.7 Å². The molecular formula is C20H20ClFN6O9. The number of carboxylic acids is 2. The van der Waals surface area contributed by atoms with Crippen LogP contribution in [0.2, 0.25) is 5.28 Å². The Labute approximate surface area is 211 Å². The number of aliphatic hydroxyl groups excluding tert-OH is 1. The Hall–Kier alpha value is -3.99. The van der Waals surface area contributed by atoms with Gasteiger partial charge in [0.25, 0.3) is 11.3 Å². The van der Waals surface area contributed by atoms with Crippen LogP contribution in [0.3, 0.4) is 0 Å². The molecule has 3 rings (SSSR count). The molecule has 0 saturated heterocycles. The fraction of sp³-hybridized carbons (Fsp3) is 0.350. The maximum atomic E-state index is 15.3. The third kappa shape index (κ3) is 5.56. The molecule has 0 bridgehead atoms. The number of alkyl halides is 1. The summed E-state index contributed by atoms with van der Waals surface area (Å²) in [7, 11) is 1.06. The topological polar surface area (TPSA) is 226 Å². The number of hydrogen-bond acceptors (Lipinski definition) is 11. The molecule has 2 heterocycles. The highest BCUT2D eigenvalue weighted by Gasteiger charge is 2.49. The van der Waals surface area contributed by atoms with Crippen LogP contribution in [-0.4, -0.2) is 83.2 Å². The predicted molar refractivity (Wildman–Crippen MR) is 122 cm³/mol. The van der Waals surface area contributed by atoms with Gasteiger partial charge in [-0.05, 0) is 17.2 Å². The van der Waals surface area contributed by atoms with Crippen molar-refractivity contribution in [1.82, 2.24) is 19.5 Å². The van der Waals surface area contributed by atoms with E-state index in [9.17, 15) is 35.0 Å². The molecule has 3 atom stereocenters. The molecule has 17 heteroatoms. The van der Waals surface area contributed by atoms with Gasteiger partial charge in [-0.3, -0.25) is 14.7 Å². The van der Waals surface area contributed by atoms with E-state index in [-0.39, 0.29) is 33.5 Å². The van der Waals surface area contributed by atoms with Crippen LogP contribution in [0.5, 0.6) is 0 Å². The maximum absolute atomic E-state index is 15.3. The first-order valence-corrected chi connectivity index (χ1v) is 10.6. The first-order valence-electron chi connectivity index (χ1n) is 10.3. The van der Waals surface area contributed by atoms with Crippen molar-refractivity contribution in [3.63, 3.8) is 0 Å². The molecule has 2 aromatic heterocycles. The number of nitrogens with two attached hydrogens (primary N) is 1. The fourth-order valence-corrected chi connectivity index (χ4v) is 3.57. The van der Waals surface area contributed by atoms with E-state index in [1.807, 2.05) is 0 Å². The molecule has 15 nitrogen and oxygen atoms in total. The highest BCUT2D eigenvalue weighted by Crippen LogP contribution is 2.27. The van der Waals surface area contributed by atoms with Gasteiger partial charge < -0.3 is 30.5 Å². The number of aliphatic carboxylic acids is 2. The number of nitro groups is 1. The van der Waals surface area contributed by atoms with Gasteiger partial charge in [0.2, 0.25) is 11.6 Å². The van der Waals surface area contributed by atoms with Gasteiger partial charge in [-0.2, -0.15) is 9.97 Å². The number of aromatic nitrogens is 4. The van der Waals surface area contributed by atoms with Gasteiger partial charge in [-0.25, -0.2) is 19.0 Å². The Bertz CT molecular complexity index is 1310. The molecule has 3 aromatic rings. The molecule has 0 fully saturated rings. The summed E-state index contributed by atoms with van der Waals surface area (Å²) in [6.45, 7) is -0.881. The molecule has 5 N–H and O–H groups in total. The first-order chi connectivity index (χ1) is 17.4. The Morgan fingerprint density at radius 3 is 2.43 bits per heavy atom. The van der Waals surface area contributed by atoms with E-state index in [1.165, 1.54) is 12.1 Å². The molecule has 0 amide bonds. The number of carboxylic acid groups (broad SMARTS) is 2. The number of nitrogen functional groups attached to an aromatic ring is 1. The van der Waals surface area contributed by atoms with Gasteiger partial charge in [-0.1, -0.05) is 12.1 Å². The lowest BCUT2D eigenvalue weighted by molar-refractivity contribution is -0.384. The monoisotopic (exact) mass is 542 g/mol. The molecule has 0 spiro atoms. The van der Waals surface area contributed by atoms with Crippen LogP contribution < -0.4 is 5.73 Å². The second kappa shape index (κ2) is 11.0. The number of halogens is 2. The molecule has 0 unspecified atom stereocenters. The van der Waals surface area contributed by atoms with Crippen molar-refractivity contribution in [2.45, 2.75) is 30.5 Å². The number of methoxy groups -OCH3 is 1. The Morgan fingerprint density at radius 1 is 1.27 bits per heavy atom. The summed E-state index contributed by atoms with van der Waals surface area (Å²) in [4.78, 5) is 45.6. The average molecular weight is 543 g/mol. The fourth-order valence-electron chi connectivity index (χ4n) is 3.40. The summed E-state index contributed by atoms with van der Waals surface area (Å²) in [6, 6.07) is 4.48. The van der Waals surface area contributed by atoms with Crippen LogP contribution in [0.1, 0.15) is 11.9 Å². The second-order valence-electron chi connectivity index (χ2n) is 7.69. The average Bonchev–Trinajstić information content (AvgIpc) is 3.27.